The van der Waals surface area contributed by atoms with Crippen LogP contribution in [0.4, 0.5) is 0 Å². The van der Waals surface area contributed by atoms with E-state index in [2.05, 4.69) is 30.5 Å². The average molecular weight is 369 g/mol. The molecule has 0 aliphatic heterocycles. The van der Waals surface area contributed by atoms with Crippen LogP contribution in [0.15, 0.2) is 33.3 Å². The number of halogens is 2. The Kier molecular flexibility index (Phi) is 3.80. The first-order valence-corrected chi connectivity index (χ1v) is 7.94. The number of alkyl halides is 1. The summed E-state index contributed by atoms with van der Waals surface area (Å²) in [5.74, 6) is 2.27. The second kappa shape index (κ2) is 5.46. The summed E-state index contributed by atoms with van der Waals surface area (Å²) in [5.41, 5.74) is 1.92. The molecule has 110 valence electrons. The molecule has 3 rings (SSSR count). The van der Waals surface area contributed by atoms with Gasteiger partial charge in [-0.05, 0) is 39.0 Å². The molecular formula is C15H15BrClN3O. The molecule has 21 heavy (non-hydrogen) atoms. The number of aromatic nitrogens is 3. The third-order valence-corrected chi connectivity index (χ3v) is 4.11. The van der Waals surface area contributed by atoms with Crippen molar-refractivity contribution in [2.24, 2.45) is 0 Å². The number of aryl methyl sites for hydroxylation is 1. The Hall–Kier alpha value is -1.33. The Bertz CT molecular complexity index is 793. The Morgan fingerprint density at radius 2 is 2.10 bits per heavy atom. The van der Waals surface area contributed by atoms with Crippen molar-refractivity contribution in [1.29, 1.82) is 0 Å². The zero-order valence-electron chi connectivity index (χ0n) is 12.0. The molecule has 0 aliphatic carbocycles. The summed E-state index contributed by atoms with van der Waals surface area (Å²) < 4.78 is 8.75. The van der Waals surface area contributed by atoms with Crippen LogP contribution >= 0.6 is 27.5 Å². The van der Waals surface area contributed by atoms with Crippen LogP contribution < -0.4 is 0 Å². The van der Waals surface area contributed by atoms with E-state index in [0.717, 1.165) is 27.1 Å². The maximum Gasteiger partial charge on any atom is 0.217 e. The summed E-state index contributed by atoms with van der Waals surface area (Å²) in [6.45, 7) is 5.84. The number of hydrogen-bond acceptors (Lipinski definition) is 3. The summed E-state index contributed by atoms with van der Waals surface area (Å²) >= 11 is 9.79. The van der Waals surface area contributed by atoms with E-state index in [9.17, 15) is 0 Å². The van der Waals surface area contributed by atoms with Crippen molar-refractivity contribution < 1.29 is 4.42 Å². The van der Waals surface area contributed by atoms with E-state index in [1.165, 1.54) is 0 Å². The number of fused-ring (bicyclic) bond motifs is 1. The molecule has 0 saturated heterocycles. The van der Waals surface area contributed by atoms with Gasteiger partial charge in [-0.2, -0.15) is 0 Å². The van der Waals surface area contributed by atoms with E-state index in [-0.39, 0.29) is 11.4 Å². The quantitative estimate of drug-likeness (QED) is 0.611. The lowest BCUT2D eigenvalue weighted by Crippen LogP contribution is -2.11. The summed E-state index contributed by atoms with van der Waals surface area (Å²) in [6, 6.07) is 5.95. The lowest BCUT2D eigenvalue weighted by molar-refractivity contribution is 0.414. The fourth-order valence-electron chi connectivity index (χ4n) is 2.45. The highest BCUT2D eigenvalue weighted by molar-refractivity contribution is 9.10. The van der Waals surface area contributed by atoms with Crippen LogP contribution in [0.1, 0.15) is 42.7 Å². The minimum absolute atomic E-state index is 0.0684. The van der Waals surface area contributed by atoms with Gasteiger partial charge < -0.3 is 8.98 Å². The number of hydrogen-bond donors (Lipinski definition) is 0. The average Bonchev–Trinajstić information content (AvgIpc) is 3.01. The summed E-state index contributed by atoms with van der Waals surface area (Å²) in [7, 11) is 0. The molecule has 2 heterocycles. The minimum Gasteiger partial charge on any atom is -0.444 e. The summed E-state index contributed by atoms with van der Waals surface area (Å²) in [4.78, 5) is 8.99. The van der Waals surface area contributed by atoms with Gasteiger partial charge in [0, 0.05) is 4.47 Å². The summed E-state index contributed by atoms with van der Waals surface area (Å²) in [6.07, 6.45) is 1.73. The molecule has 0 amide bonds. The molecule has 0 N–H and O–H groups in total. The zero-order valence-corrected chi connectivity index (χ0v) is 14.3. The van der Waals surface area contributed by atoms with Gasteiger partial charge in [-0.3, -0.25) is 0 Å². The van der Waals surface area contributed by atoms with Gasteiger partial charge in [-0.25, -0.2) is 9.97 Å². The van der Waals surface area contributed by atoms with E-state index in [0.29, 0.717) is 5.89 Å². The molecule has 2 aromatic heterocycles. The molecule has 2 atom stereocenters. The molecule has 0 saturated carbocycles. The molecule has 2 unspecified atom stereocenters. The lowest BCUT2D eigenvalue weighted by atomic mass is 10.2. The van der Waals surface area contributed by atoms with Crippen LogP contribution in [-0.2, 0) is 0 Å². The number of rotatable bonds is 3. The van der Waals surface area contributed by atoms with E-state index < -0.39 is 0 Å². The summed E-state index contributed by atoms with van der Waals surface area (Å²) in [5, 5.41) is -0.199. The number of benzene rings is 1. The predicted molar refractivity (Wildman–Crippen MR) is 86.8 cm³/mol. The number of oxazole rings is 1. The number of imidazole rings is 1. The van der Waals surface area contributed by atoms with Gasteiger partial charge in [0.2, 0.25) is 5.89 Å². The monoisotopic (exact) mass is 367 g/mol. The molecule has 4 nitrogen and oxygen atoms in total. The van der Waals surface area contributed by atoms with Crippen LogP contribution in [0.5, 0.6) is 0 Å². The van der Waals surface area contributed by atoms with Gasteiger partial charge in [0.1, 0.15) is 17.6 Å². The zero-order chi connectivity index (χ0) is 15.1. The fourth-order valence-corrected chi connectivity index (χ4v) is 2.96. The first kappa shape index (κ1) is 14.6. The minimum atomic E-state index is -0.199. The van der Waals surface area contributed by atoms with Gasteiger partial charge >= 0.3 is 0 Å². The molecule has 3 aromatic rings. The van der Waals surface area contributed by atoms with Gasteiger partial charge in [-0.15, -0.1) is 11.6 Å². The first-order chi connectivity index (χ1) is 9.97. The highest BCUT2D eigenvalue weighted by Gasteiger charge is 2.23. The Morgan fingerprint density at radius 1 is 1.33 bits per heavy atom. The molecule has 0 fully saturated rings. The number of nitrogens with zero attached hydrogens (tertiary/aromatic N) is 3. The molecule has 0 aliphatic rings. The van der Waals surface area contributed by atoms with Crippen LogP contribution in [0, 0.1) is 6.92 Å². The van der Waals surface area contributed by atoms with E-state index in [1.807, 2.05) is 39.0 Å². The standard InChI is InChI=1S/C15H15BrClN3O/c1-8-7-18-15(21-8)10(3)20-13-5-4-11(16)6-12(13)19-14(20)9(2)17/h4-7,9-10H,1-3H3. The van der Waals surface area contributed by atoms with Gasteiger partial charge in [0.05, 0.1) is 22.6 Å². The van der Waals surface area contributed by atoms with Crippen molar-refractivity contribution >= 4 is 38.6 Å². The van der Waals surface area contributed by atoms with Crippen molar-refractivity contribution in [2.75, 3.05) is 0 Å². The normalized spacial score (nSPS) is 14.5. The first-order valence-electron chi connectivity index (χ1n) is 6.71. The second-order valence-electron chi connectivity index (χ2n) is 5.07. The van der Waals surface area contributed by atoms with E-state index in [4.69, 9.17) is 16.0 Å². The van der Waals surface area contributed by atoms with Crippen molar-refractivity contribution in [3.05, 3.63) is 46.3 Å². The molecular weight excluding hydrogens is 354 g/mol. The SMILES string of the molecule is Cc1cnc(C(C)n2c(C(C)Cl)nc3cc(Br)ccc32)o1. The van der Waals surface area contributed by atoms with Crippen LogP contribution in [0.2, 0.25) is 0 Å². The van der Waals surface area contributed by atoms with Gasteiger partial charge in [0.15, 0.2) is 0 Å². The smallest absolute Gasteiger partial charge is 0.217 e. The van der Waals surface area contributed by atoms with E-state index >= 15 is 0 Å². The van der Waals surface area contributed by atoms with Crippen molar-refractivity contribution in [3.8, 4) is 0 Å². The Balaban J connectivity index is 2.21. The van der Waals surface area contributed by atoms with E-state index in [1.54, 1.807) is 6.20 Å². The third kappa shape index (κ3) is 2.60. The molecule has 0 spiro atoms. The van der Waals surface area contributed by atoms with Crippen LogP contribution in [0.3, 0.4) is 0 Å². The highest BCUT2D eigenvalue weighted by Crippen LogP contribution is 2.31. The fraction of sp³-hybridized carbons (Fsp3) is 0.333. The van der Waals surface area contributed by atoms with Crippen molar-refractivity contribution in [1.82, 2.24) is 14.5 Å². The topological polar surface area (TPSA) is 43.9 Å². The lowest BCUT2D eigenvalue weighted by Gasteiger charge is -2.15. The molecule has 1 aromatic carbocycles. The molecule has 6 heteroatoms. The maximum atomic E-state index is 6.31. The highest BCUT2D eigenvalue weighted by atomic mass is 79.9. The van der Waals surface area contributed by atoms with Gasteiger partial charge in [0.25, 0.3) is 0 Å². The maximum absolute atomic E-state index is 6.31. The second-order valence-corrected chi connectivity index (χ2v) is 6.64. The predicted octanol–water partition coefficient (Wildman–Crippen LogP) is 5.00. The Morgan fingerprint density at radius 3 is 2.71 bits per heavy atom. The third-order valence-electron chi connectivity index (χ3n) is 3.42. The van der Waals surface area contributed by atoms with Gasteiger partial charge in [-0.1, -0.05) is 15.9 Å². The van der Waals surface area contributed by atoms with Crippen LogP contribution in [-0.4, -0.2) is 14.5 Å². The Labute approximate surface area is 136 Å². The molecule has 0 radical (unpaired) electrons. The largest absolute Gasteiger partial charge is 0.444 e. The van der Waals surface area contributed by atoms with Crippen molar-refractivity contribution in [2.45, 2.75) is 32.2 Å². The van der Waals surface area contributed by atoms with Crippen LogP contribution in [0.25, 0.3) is 11.0 Å². The molecule has 0 bridgehead atoms. The van der Waals surface area contributed by atoms with Crippen molar-refractivity contribution in [3.63, 3.8) is 0 Å².